The van der Waals surface area contributed by atoms with E-state index in [4.69, 9.17) is 22.1 Å². The molecule has 1 atom stereocenters. The lowest BCUT2D eigenvalue weighted by molar-refractivity contribution is -0.127. The van der Waals surface area contributed by atoms with Crippen LogP contribution in [0.2, 0.25) is 5.02 Å². The minimum atomic E-state index is -0.528. The number of hydrogen-bond donors (Lipinski definition) is 1. The summed E-state index contributed by atoms with van der Waals surface area (Å²) in [6, 6.07) is 3.96. The molecule has 3 heterocycles. The second kappa shape index (κ2) is 9.24. The summed E-state index contributed by atoms with van der Waals surface area (Å²) in [4.78, 5) is 22.2. The summed E-state index contributed by atoms with van der Waals surface area (Å²) in [6.45, 7) is 4.63. The van der Waals surface area contributed by atoms with Gasteiger partial charge in [0.25, 0.3) is 0 Å². The van der Waals surface area contributed by atoms with E-state index in [0.29, 0.717) is 34.8 Å². The first-order chi connectivity index (χ1) is 15.5. The maximum absolute atomic E-state index is 13.8. The number of hydrogen-bond acceptors (Lipinski definition) is 6. The minimum absolute atomic E-state index is 0.0132. The molecule has 1 amide bonds. The second-order valence-corrected chi connectivity index (χ2v) is 7.64. The first-order valence-corrected chi connectivity index (χ1v) is 10.3. The summed E-state index contributed by atoms with van der Waals surface area (Å²) in [5.74, 6) is 5.36. The van der Waals surface area contributed by atoms with E-state index in [1.165, 1.54) is 30.6 Å². The van der Waals surface area contributed by atoms with Crippen molar-refractivity contribution in [1.82, 2.24) is 24.6 Å². The van der Waals surface area contributed by atoms with E-state index in [9.17, 15) is 9.18 Å². The van der Waals surface area contributed by atoms with Gasteiger partial charge < -0.3 is 15.4 Å². The molecule has 0 radical (unpaired) electrons. The van der Waals surface area contributed by atoms with Crippen molar-refractivity contribution < 1.29 is 13.9 Å². The van der Waals surface area contributed by atoms with Gasteiger partial charge in [-0.05, 0) is 37.0 Å². The molecule has 1 fully saturated rings. The highest BCUT2D eigenvalue weighted by atomic mass is 35.5. The number of carbonyl (C=O) groups is 1. The molecule has 0 bridgehead atoms. The summed E-state index contributed by atoms with van der Waals surface area (Å²) in [7, 11) is 0. The molecule has 10 heteroatoms. The normalized spacial score (nSPS) is 15.8. The Labute approximate surface area is 188 Å². The van der Waals surface area contributed by atoms with Crippen molar-refractivity contribution in [2.75, 3.05) is 25.4 Å². The molecule has 2 N–H and O–H groups in total. The molecule has 0 saturated carbocycles. The van der Waals surface area contributed by atoms with Crippen molar-refractivity contribution in [3.05, 3.63) is 53.7 Å². The van der Waals surface area contributed by atoms with E-state index in [2.05, 4.69) is 33.5 Å². The Morgan fingerprint density at radius 1 is 1.44 bits per heavy atom. The number of nitrogen functional groups attached to an aromatic ring is 1. The Bertz CT molecular complexity index is 1250. The number of aromatic nitrogens is 4. The van der Waals surface area contributed by atoms with Crippen LogP contribution >= 0.6 is 11.6 Å². The van der Waals surface area contributed by atoms with E-state index in [1.807, 2.05) is 0 Å². The molecule has 2 aromatic heterocycles. The zero-order valence-electron chi connectivity index (χ0n) is 17.1. The predicted molar refractivity (Wildman–Crippen MR) is 119 cm³/mol. The summed E-state index contributed by atoms with van der Waals surface area (Å²) >= 11 is 5.87. The van der Waals surface area contributed by atoms with Gasteiger partial charge in [0.15, 0.2) is 17.2 Å². The highest BCUT2D eigenvalue weighted by Crippen LogP contribution is 2.28. The van der Waals surface area contributed by atoms with Gasteiger partial charge in [0.2, 0.25) is 5.91 Å². The van der Waals surface area contributed by atoms with Crippen LogP contribution in [-0.2, 0) is 4.79 Å². The highest BCUT2D eigenvalue weighted by Gasteiger charge is 2.27. The van der Waals surface area contributed by atoms with Crippen molar-refractivity contribution >= 4 is 34.4 Å². The number of amides is 1. The largest absolute Gasteiger partial charge is 0.478 e. The van der Waals surface area contributed by atoms with Gasteiger partial charge in [0.1, 0.15) is 24.4 Å². The molecule has 164 valence electrons. The molecule has 0 aliphatic carbocycles. The van der Waals surface area contributed by atoms with Crippen molar-refractivity contribution in [1.29, 1.82) is 0 Å². The van der Waals surface area contributed by atoms with Gasteiger partial charge in [0, 0.05) is 24.2 Å². The van der Waals surface area contributed by atoms with Crippen LogP contribution in [0, 0.1) is 17.7 Å². The van der Waals surface area contributed by atoms with Gasteiger partial charge in [-0.25, -0.2) is 19.0 Å². The Morgan fingerprint density at radius 2 is 2.28 bits per heavy atom. The minimum Gasteiger partial charge on any atom is -0.478 e. The van der Waals surface area contributed by atoms with Crippen LogP contribution in [-0.4, -0.2) is 50.3 Å². The zero-order chi connectivity index (χ0) is 22.7. The average Bonchev–Trinajstić information content (AvgIpc) is 3.18. The zero-order valence-corrected chi connectivity index (χ0v) is 17.8. The van der Waals surface area contributed by atoms with Crippen molar-refractivity contribution in [3.8, 4) is 17.6 Å². The lowest BCUT2D eigenvalue weighted by Gasteiger charge is -2.32. The van der Waals surface area contributed by atoms with Crippen LogP contribution in [0.5, 0.6) is 5.75 Å². The molecular formula is C22H20ClFN6O2. The number of benzene rings is 1. The first kappa shape index (κ1) is 21.6. The molecule has 0 spiro atoms. The fourth-order valence-corrected chi connectivity index (χ4v) is 3.80. The standard InChI is InChI=1S/C22H20ClFN6O2/c1-2-19(31)29-9-3-5-15(12-29)30-22-20(21(25)26-13-27-22)17(28-30)6-4-10-32-18-11-14(23)7-8-16(18)24/h2,7-8,11,13,15H,1,3,5,9-10,12H2,(H2,25,26,27). The average molecular weight is 455 g/mol. The Balaban J connectivity index is 1.61. The molecule has 8 nitrogen and oxygen atoms in total. The van der Waals surface area contributed by atoms with Crippen LogP contribution in [0.4, 0.5) is 10.2 Å². The van der Waals surface area contributed by atoms with Crippen LogP contribution in [0.15, 0.2) is 37.2 Å². The number of nitrogens with zero attached hydrogens (tertiary/aromatic N) is 5. The number of rotatable bonds is 4. The maximum atomic E-state index is 13.8. The van der Waals surface area contributed by atoms with E-state index in [1.54, 1.807) is 9.58 Å². The number of likely N-dealkylation sites (tertiary alicyclic amines) is 1. The lowest BCUT2D eigenvalue weighted by Crippen LogP contribution is -2.40. The molecule has 3 aromatic rings. The van der Waals surface area contributed by atoms with Gasteiger partial charge in [-0.1, -0.05) is 24.1 Å². The summed E-state index contributed by atoms with van der Waals surface area (Å²) < 4.78 is 20.9. The molecule has 1 aromatic carbocycles. The van der Waals surface area contributed by atoms with Crippen molar-refractivity contribution in [2.24, 2.45) is 0 Å². The fraction of sp³-hybridized carbons (Fsp3) is 0.273. The molecule has 1 aliphatic rings. The molecule has 1 saturated heterocycles. The third-order valence-corrected chi connectivity index (χ3v) is 5.38. The summed E-state index contributed by atoms with van der Waals surface area (Å²) in [5.41, 5.74) is 7.02. The third-order valence-electron chi connectivity index (χ3n) is 5.15. The van der Waals surface area contributed by atoms with Crippen LogP contribution in [0.1, 0.15) is 24.6 Å². The number of nitrogens with two attached hydrogens (primary N) is 1. The van der Waals surface area contributed by atoms with Crippen LogP contribution in [0.25, 0.3) is 11.0 Å². The Morgan fingerprint density at radius 3 is 3.09 bits per heavy atom. The molecule has 1 aliphatic heterocycles. The number of halogens is 2. The number of piperidine rings is 1. The number of anilines is 1. The van der Waals surface area contributed by atoms with Gasteiger partial charge in [-0.15, -0.1) is 0 Å². The fourth-order valence-electron chi connectivity index (χ4n) is 3.64. The van der Waals surface area contributed by atoms with E-state index < -0.39 is 5.82 Å². The summed E-state index contributed by atoms with van der Waals surface area (Å²) in [6.07, 6.45) is 4.33. The monoisotopic (exact) mass is 454 g/mol. The lowest BCUT2D eigenvalue weighted by atomic mass is 10.1. The molecule has 32 heavy (non-hydrogen) atoms. The summed E-state index contributed by atoms with van der Waals surface area (Å²) in [5, 5.41) is 5.51. The van der Waals surface area contributed by atoms with Crippen LogP contribution in [0.3, 0.4) is 0 Å². The number of fused-ring (bicyclic) bond motifs is 1. The van der Waals surface area contributed by atoms with Crippen molar-refractivity contribution in [3.63, 3.8) is 0 Å². The number of carbonyl (C=O) groups excluding carboxylic acids is 1. The topological polar surface area (TPSA) is 99.2 Å². The Hall–Kier alpha value is -3.64. The first-order valence-electron chi connectivity index (χ1n) is 9.94. The smallest absolute Gasteiger partial charge is 0.246 e. The van der Waals surface area contributed by atoms with Crippen LogP contribution < -0.4 is 10.5 Å². The van der Waals surface area contributed by atoms with Gasteiger partial charge >= 0.3 is 0 Å². The number of ether oxygens (including phenoxy) is 1. The SMILES string of the molecule is C=CC(=O)N1CCCC(n2nc(C#CCOc3cc(Cl)ccc3F)c3c(N)ncnc32)C1. The van der Waals surface area contributed by atoms with Gasteiger partial charge in [-0.2, -0.15) is 5.10 Å². The van der Waals surface area contributed by atoms with E-state index in [0.717, 1.165) is 12.8 Å². The Kier molecular flexibility index (Phi) is 6.23. The quantitative estimate of drug-likeness (QED) is 0.480. The van der Waals surface area contributed by atoms with E-state index in [-0.39, 0.29) is 30.1 Å². The van der Waals surface area contributed by atoms with Gasteiger partial charge in [-0.3, -0.25) is 4.79 Å². The van der Waals surface area contributed by atoms with Gasteiger partial charge in [0.05, 0.1) is 11.4 Å². The molecular weight excluding hydrogens is 435 g/mol. The maximum Gasteiger partial charge on any atom is 0.246 e. The third kappa shape index (κ3) is 4.36. The molecule has 4 rings (SSSR count). The highest BCUT2D eigenvalue weighted by molar-refractivity contribution is 6.30. The second-order valence-electron chi connectivity index (χ2n) is 7.20. The molecule has 1 unspecified atom stereocenters. The van der Waals surface area contributed by atoms with E-state index >= 15 is 0 Å². The predicted octanol–water partition coefficient (Wildman–Crippen LogP) is 2.98. The van der Waals surface area contributed by atoms with Crippen molar-refractivity contribution in [2.45, 2.75) is 18.9 Å².